The van der Waals surface area contributed by atoms with E-state index in [-0.39, 0.29) is 11.7 Å². The van der Waals surface area contributed by atoms with Crippen LogP contribution < -0.4 is 10.0 Å². The number of nitrogens with one attached hydrogen (secondary N) is 1. The highest BCUT2D eigenvalue weighted by molar-refractivity contribution is 5.84. The molecular weight excluding hydrogens is 436 g/mol. The van der Waals surface area contributed by atoms with E-state index < -0.39 is 5.97 Å². The standard InChI is InChI=1S/C19H24N2O.C11H10O2/c1-2-13-12-21-10-8-14(13)11-18(21)19(22)16-7-9-20-17-6-4-3-5-15(16)17;1-9(11(12)13)7-8-10-5-3-2-4-6-10/h3-7,9,13-14,18-19,22H,2,8,10-12H2,1H3;2-6,8H,1H3,(H,12,13)/t13-,14+,18-,19+;/m0./s1. The van der Waals surface area contributed by atoms with E-state index in [0.717, 1.165) is 33.9 Å². The number of piperidine rings is 3. The van der Waals surface area contributed by atoms with Gasteiger partial charge in [0.2, 0.25) is 0 Å². The molecule has 5 heteroatoms. The van der Waals surface area contributed by atoms with Gasteiger partial charge in [-0.1, -0.05) is 55.5 Å². The summed E-state index contributed by atoms with van der Waals surface area (Å²) in [4.78, 5) is 16.3. The molecule has 0 spiro atoms. The summed E-state index contributed by atoms with van der Waals surface area (Å²) in [6.07, 6.45) is 6.88. The Morgan fingerprint density at radius 2 is 1.94 bits per heavy atom. The van der Waals surface area contributed by atoms with E-state index in [1.807, 2.05) is 60.8 Å². The Hall–Kier alpha value is -3.24. The third-order valence-corrected chi connectivity index (χ3v) is 7.58. The fourth-order valence-electron chi connectivity index (χ4n) is 5.57. The van der Waals surface area contributed by atoms with Crippen LogP contribution in [-0.2, 0) is 4.79 Å². The molecule has 0 aliphatic carbocycles. The van der Waals surface area contributed by atoms with Crippen molar-refractivity contribution in [1.29, 1.82) is 0 Å². The predicted molar refractivity (Wildman–Crippen MR) is 136 cm³/mol. The topological polar surface area (TPSA) is 77.7 Å². The molecule has 3 saturated heterocycles. The molecular formula is C30H34N2O3. The number of aliphatic hydroxyl groups excluding tert-OH is 1. The zero-order chi connectivity index (χ0) is 24.8. The molecule has 4 heterocycles. The summed E-state index contributed by atoms with van der Waals surface area (Å²) in [6, 6.07) is 19.9. The van der Waals surface area contributed by atoms with Gasteiger partial charge in [0, 0.05) is 35.9 Å². The van der Waals surface area contributed by atoms with Crippen molar-refractivity contribution in [3.63, 3.8) is 0 Å². The van der Waals surface area contributed by atoms with Gasteiger partial charge in [-0.05, 0) is 48.6 Å². The highest BCUT2D eigenvalue weighted by atomic mass is 16.4. The van der Waals surface area contributed by atoms with Crippen molar-refractivity contribution in [1.82, 2.24) is 4.98 Å². The van der Waals surface area contributed by atoms with Crippen LogP contribution in [0.4, 0.5) is 0 Å². The van der Waals surface area contributed by atoms with Gasteiger partial charge >= 0.3 is 0 Å². The van der Waals surface area contributed by atoms with Gasteiger partial charge in [0.1, 0.15) is 12.1 Å². The van der Waals surface area contributed by atoms with Gasteiger partial charge in [-0.15, -0.1) is 5.73 Å². The Morgan fingerprint density at radius 1 is 1.20 bits per heavy atom. The number of hydrogen-bond donors (Lipinski definition) is 2. The number of aliphatic hydroxyl groups is 1. The summed E-state index contributed by atoms with van der Waals surface area (Å²) in [7, 11) is 0. The monoisotopic (exact) mass is 470 g/mol. The number of pyridine rings is 1. The lowest BCUT2D eigenvalue weighted by atomic mass is 9.72. The first kappa shape index (κ1) is 24.9. The maximum absolute atomic E-state index is 11.1. The van der Waals surface area contributed by atoms with Crippen molar-refractivity contribution in [2.45, 2.75) is 45.3 Å². The molecule has 2 aromatic carbocycles. The first-order valence-electron chi connectivity index (χ1n) is 12.5. The van der Waals surface area contributed by atoms with E-state index in [4.69, 9.17) is 0 Å². The highest BCUT2D eigenvalue weighted by Gasteiger charge is 2.46. The maximum atomic E-state index is 11.1. The van der Waals surface area contributed by atoms with Crippen molar-refractivity contribution in [3.05, 3.63) is 89.3 Å². The zero-order valence-electron chi connectivity index (χ0n) is 20.5. The number of benzene rings is 2. The van der Waals surface area contributed by atoms with Gasteiger partial charge in [0.05, 0.1) is 24.6 Å². The van der Waals surface area contributed by atoms with Crippen LogP contribution in [-0.4, -0.2) is 35.2 Å². The van der Waals surface area contributed by atoms with E-state index in [1.54, 1.807) is 11.0 Å². The van der Waals surface area contributed by atoms with E-state index >= 15 is 0 Å². The van der Waals surface area contributed by atoms with Crippen LogP contribution in [0.25, 0.3) is 17.0 Å². The van der Waals surface area contributed by atoms with Crippen LogP contribution in [0.15, 0.2) is 78.2 Å². The normalized spacial score (nSPS) is 23.5. The van der Waals surface area contributed by atoms with Crippen LogP contribution >= 0.6 is 0 Å². The number of carbonyl (C=O) groups is 1. The summed E-state index contributed by atoms with van der Waals surface area (Å²) < 4.78 is 0. The Balaban J connectivity index is 0.000000191. The molecule has 0 amide bonds. The summed E-state index contributed by atoms with van der Waals surface area (Å²) in [5.41, 5.74) is 5.69. The molecule has 0 radical (unpaired) electrons. The minimum Gasteiger partial charge on any atom is -0.545 e. The molecule has 1 unspecified atom stereocenters. The molecule has 2 N–H and O–H groups in total. The average Bonchev–Trinajstić information content (AvgIpc) is 2.92. The highest BCUT2D eigenvalue weighted by Crippen LogP contribution is 2.34. The summed E-state index contributed by atoms with van der Waals surface area (Å²) in [5.74, 6) is 0.490. The fraction of sp³-hybridized carbons (Fsp3) is 0.367. The van der Waals surface area contributed by atoms with Crippen LogP contribution in [0.5, 0.6) is 0 Å². The summed E-state index contributed by atoms with van der Waals surface area (Å²) >= 11 is 0. The molecule has 5 atom stereocenters. The molecule has 0 saturated carbocycles. The third kappa shape index (κ3) is 5.88. The number of nitrogens with zero attached hydrogens (tertiary/aromatic N) is 1. The van der Waals surface area contributed by atoms with Gasteiger partial charge in [-0.2, -0.15) is 0 Å². The first-order chi connectivity index (χ1) is 17.0. The second-order valence-electron chi connectivity index (χ2n) is 9.65. The molecule has 2 bridgehead atoms. The van der Waals surface area contributed by atoms with Gasteiger partial charge in [0.25, 0.3) is 0 Å². The number of para-hydroxylation sites is 1. The lowest BCUT2D eigenvalue weighted by molar-refractivity contribution is -0.950. The first-order valence-corrected chi connectivity index (χ1v) is 12.5. The minimum absolute atomic E-state index is 0.101. The Bertz CT molecular complexity index is 1210. The molecule has 5 nitrogen and oxygen atoms in total. The second-order valence-corrected chi connectivity index (χ2v) is 9.65. The lowest BCUT2D eigenvalue weighted by Crippen LogP contribution is -3.20. The maximum Gasteiger partial charge on any atom is 0.131 e. The molecule has 3 fully saturated rings. The van der Waals surface area contributed by atoms with Crippen LogP contribution in [0, 0.1) is 11.8 Å². The number of aliphatic carboxylic acids is 1. The SMILES string of the molecule is CC(=C=Cc1ccccc1)C(=O)[O-].CC[C@H]1C[NH+]2CC[C@@H]1C[C@H]2[C@H](O)c1ccnc2ccccc12. The Labute approximate surface area is 207 Å². The smallest absolute Gasteiger partial charge is 0.131 e. The fourth-order valence-corrected chi connectivity index (χ4v) is 5.57. The minimum atomic E-state index is -1.19. The lowest BCUT2D eigenvalue weighted by Gasteiger charge is -2.48. The van der Waals surface area contributed by atoms with E-state index in [9.17, 15) is 15.0 Å². The van der Waals surface area contributed by atoms with Gasteiger partial charge in [0.15, 0.2) is 0 Å². The number of aromatic nitrogens is 1. The number of carbonyl (C=O) groups excluding carboxylic acids is 1. The molecule has 6 rings (SSSR count). The quantitative estimate of drug-likeness (QED) is 0.444. The van der Waals surface area contributed by atoms with E-state index in [1.165, 1.54) is 39.3 Å². The van der Waals surface area contributed by atoms with Crippen molar-refractivity contribution in [3.8, 4) is 0 Å². The Morgan fingerprint density at radius 3 is 2.63 bits per heavy atom. The average molecular weight is 471 g/mol. The second kappa shape index (κ2) is 11.5. The van der Waals surface area contributed by atoms with Crippen molar-refractivity contribution in [2.75, 3.05) is 13.1 Å². The molecule has 3 aliphatic heterocycles. The number of hydrogen-bond acceptors (Lipinski definition) is 4. The van der Waals surface area contributed by atoms with Crippen LogP contribution in [0.3, 0.4) is 0 Å². The molecule has 1 aromatic heterocycles. The molecule has 3 aliphatic rings. The largest absolute Gasteiger partial charge is 0.545 e. The Kier molecular flexibility index (Phi) is 8.14. The van der Waals surface area contributed by atoms with Crippen LogP contribution in [0.2, 0.25) is 0 Å². The molecule has 35 heavy (non-hydrogen) atoms. The number of carboxylic acid groups (broad SMARTS) is 1. The number of carboxylic acids is 1. The zero-order valence-corrected chi connectivity index (χ0v) is 20.5. The number of quaternary nitrogens is 1. The van der Waals surface area contributed by atoms with Crippen molar-refractivity contribution >= 4 is 22.9 Å². The third-order valence-electron chi connectivity index (χ3n) is 7.58. The summed E-state index contributed by atoms with van der Waals surface area (Å²) in [6.45, 7) is 6.24. The summed E-state index contributed by atoms with van der Waals surface area (Å²) in [5, 5.41) is 22.5. The van der Waals surface area contributed by atoms with Gasteiger partial charge < -0.3 is 19.9 Å². The molecule has 3 aromatic rings. The van der Waals surface area contributed by atoms with Crippen LogP contribution in [0.1, 0.15) is 50.3 Å². The van der Waals surface area contributed by atoms with Gasteiger partial charge in [-0.25, -0.2) is 0 Å². The molecule has 182 valence electrons. The van der Waals surface area contributed by atoms with Gasteiger partial charge in [-0.3, -0.25) is 4.98 Å². The number of fused-ring (bicyclic) bond motifs is 4. The number of rotatable bonds is 5. The van der Waals surface area contributed by atoms with E-state index in [2.05, 4.69) is 23.7 Å². The van der Waals surface area contributed by atoms with E-state index in [0.29, 0.717) is 6.04 Å². The van der Waals surface area contributed by atoms with Crippen molar-refractivity contribution < 1.29 is 19.9 Å². The van der Waals surface area contributed by atoms with Crippen molar-refractivity contribution in [2.24, 2.45) is 11.8 Å². The predicted octanol–water partition coefficient (Wildman–Crippen LogP) is 2.97.